The highest BCUT2D eigenvalue weighted by atomic mass is 16.5. The standard InChI is InChI=1S/C17H22N2O6/c1-23-13-5-3-11(9-14(13)24-2)7-8-18-16(21)10-25-17(22)12-4-6-15(20)19-12/h3,5,9,12H,4,6-8,10H2,1-2H3,(H,18,21)(H,19,20)/t12-/m1/s1. The maximum Gasteiger partial charge on any atom is 0.329 e. The van der Waals surface area contributed by atoms with Crippen molar-refractivity contribution >= 4 is 17.8 Å². The Morgan fingerprint density at radius 1 is 1.24 bits per heavy atom. The highest BCUT2D eigenvalue weighted by Crippen LogP contribution is 2.27. The van der Waals surface area contributed by atoms with Crippen LogP contribution in [0.3, 0.4) is 0 Å². The van der Waals surface area contributed by atoms with Crippen LogP contribution in [-0.2, 0) is 25.5 Å². The largest absolute Gasteiger partial charge is 0.493 e. The van der Waals surface area contributed by atoms with E-state index in [9.17, 15) is 14.4 Å². The van der Waals surface area contributed by atoms with Gasteiger partial charge in [0, 0.05) is 13.0 Å². The lowest BCUT2D eigenvalue weighted by Crippen LogP contribution is -2.37. The Morgan fingerprint density at radius 2 is 2.00 bits per heavy atom. The van der Waals surface area contributed by atoms with Crippen molar-refractivity contribution in [1.29, 1.82) is 0 Å². The number of esters is 1. The van der Waals surface area contributed by atoms with Crippen LogP contribution in [0, 0.1) is 0 Å². The van der Waals surface area contributed by atoms with Gasteiger partial charge in [-0.15, -0.1) is 0 Å². The summed E-state index contributed by atoms with van der Waals surface area (Å²) in [6.45, 7) is 0.0309. The van der Waals surface area contributed by atoms with Crippen molar-refractivity contribution in [2.45, 2.75) is 25.3 Å². The molecule has 0 spiro atoms. The number of ether oxygens (including phenoxy) is 3. The van der Waals surface area contributed by atoms with E-state index in [1.165, 1.54) is 0 Å². The Hall–Kier alpha value is -2.77. The van der Waals surface area contributed by atoms with Crippen LogP contribution in [0.25, 0.3) is 0 Å². The molecule has 1 aliphatic rings. The van der Waals surface area contributed by atoms with Crippen LogP contribution in [0.15, 0.2) is 18.2 Å². The Kier molecular flexibility index (Phi) is 6.62. The highest BCUT2D eigenvalue weighted by Gasteiger charge is 2.28. The quantitative estimate of drug-likeness (QED) is 0.649. The number of carbonyl (C=O) groups is 3. The predicted octanol–water partition coefficient (Wildman–Crippen LogP) is 0.184. The third-order valence-electron chi connectivity index (χ3n) is 3.81. The molecule has 1 fully saturated rings. The number of benzene rings is 1. The maximum atomic E-state index is 11.7. The first kappa shape index (κ1) is 18.6. The van der Waals surface area contributed by atoms with Gasteiger partial charge in [0.05, 0.1) is 14.2 Å². The second-order valence-corrected chi connectivity index (χ2v) is 5.56. The number of hydrogen-bond donors (Lipinski definition) is 2. The SMILES string of the molecule is COc1ccc(CCNC(=O)COC(=O)[C@H]2CCC(=O)N2)cc1OC. The van der Waals surface area contributed by atoms with Gasteiger partial charge in [-0.25, -0.2) is 4.79 Å². The summed E-state index contributed by atoms with van der Waals surface area (Å²) in [5.41, 5.74) is 0.976. The fourth-order valence-electron chi connectivity index (χ4n) is 2.46. The van der Waals surface area contributed by atoms with Crippen LogP contribution in [0.4, 0.5) is 0 Å². The Bertz CT molecular complexity index is 646. The molecule has 0 radical (unpaired) electrons. The summed E-state index contributed by atoms with van der Waals surface area (Å²) in [6, 6.07) is 4.88. The van der Waals surface area contributed by atoms with Crippen LogP contribution in [0.2, 0.25) is 0 Å². The van der Waals surface area contributed by atoms with E-state index in [2.05, 4.69) is 10.6 Å². The molecule has 1 aromatic carbocycles. The number of hydrogen-bond acceptors (Lipinski definition) is 6. The van der Waals surface area contributed by atoms with Crippen molar-refractivity contribution in [2.75, 3.05) is 27.4 Å². The minimum absolute atomic E-state index is 0.179. The van der Waals surface area contributed by atoms with Crippen molar-refractivity contribution in [1.82, 2.24) is 10.6 Å². The molecule has 0 bridgehead atoms. The molecule has 0 saturated carbocycles. The molecule has 1 aliphatic heterocycles. The summed E-state index contributed by atoms with van der Waals surface area (Å²) in [7, 11) is 3.13. The molecule has 0 unspecified atom stereocenters. The number of methoxy groups -OCH3 is 2. The second kappa shape index (κ2) is 8.91. The van der Waals surface area contributed by atoms with Gasteiger partial charge in [0.25, 0.3) is 5.91 Å². The van der Waals surface area contributed by atoms with Crippen molar-refractivity contribution in [2.24, 2.45) is 0 Å². The summed E-state index contributed by atoms with van der Waals surface area (Å²) in [4.78, 5) is 34.4. The number of carbonyl (C=O) groups excluding carboxylic acids is 3. The zero-order valence-electron chi connectivity index (χ0n) is 14.3. The smallest absolute Gasteiger partial charge is 0.329 e. The summed E-state index contributed by atoms with van der Waals surface area (Å²) < 4.78 is 15.3. The number of nitrogens with one attached hydrogen (secondary N) is 2. The molecule has 2 rings (SSSR count). The molecule has 1 saturated heterocycles. The summed E-state index contributed by atoms with van der Waals surface area (Å²) in [6.07, 6.45) is 1.30. The van der Waals surface area contributed by atoms with Gasteiger partial charge in [0.1, 0.15) is 6.04 Å². The molecule has 1 heterocycles. The van der Waals surface area contributed by atoms with Crippen molar-refractivity contribution < 1.29 is 28.6 Å². The monoisotopic (exact) mass is 350 g/mol. The van der Waals surface area contributed by atoms with Crippen molar-refractivity contribution in [3.8, 4) is 11.5 Å². The molecule has 1 aromatic rings. The van der Waals surface area contributed by atoms with E-state index in [4.69, 9.17) is 14.2 Å². The van der Waals surface area contributed by atoms with Gasteiger partial charge in [-0.05, 0) is 30.5 Å². The van der Waals surface area contributed by atoms with E-state index in [0.717, 1.165) is 5.56 Å². The normalized spacial score (nSPS) is 16.1. The van der Waals surface area contributed by atoms with E-state index < -0.39 is 17.9 Å². The van der Waals surface area contributed by atoms with Gasteiger partial charge in [-0.3, -0.25) is 9.59 Å². The van der Waals surface area contributed by atoms with Crippen LogP contribution in [0.1, 0.15) is 18.4 Å². The maximum absolute atomic E-state index is 11.7. The topological polar surface area (TPSA) is 103 Å². The van der Waals surface area contributed by atoms with Gasteiger partial charge in [-0.2, -0.15) is 0 Å². The lowest BCUT2D eigenvalue weighted by Gasteiger charge is -2.11. The summed E-state index contributed by atoms with van der Waals surface area (Å²) in [5.74, 6) is 0.112. The average molecular weight is 350 g/mol. The van der Waals surface area contributed by atoms with E-state index in [1.54, 1.807) is 20.3 Å². The summed E-state index contributed by atoms with van der Waals surface area (Å²) >= 11 is 0. The zero-order chi connectivity index (χ0) is 18.2. The van der Waals surface area contributed by atoms with Gasteiger partial charge >= 0.3 is 5.97 Å². The second-order valence-electron chi connectivity index (χ2n) is 5.56. The Morgan fingerprint density at radius 3 is 2.64 bits per heavy atom. The highest BCUT2D eigenvalue weighted by molar-refractivity contribution is 5.89. The molecule has 25 heavy (non-hydrogen) atoms. The minimum atomic E-state index is -0.646. The third kappa shape index (κ3) is 5.37. The molecular formula is C17H22N2O6. The van der Waals surface area contributed by atoms with Crippen LogP contribution in [0.5, 0.6) is 11.5 Å². The van der Waals surface area contributed by atoms with Gasteiger partial charge < -0.3 is 24.8 Å². The molecule has 2 amide bonds. The average Bonchev–Trinajstić information content (AvgIpc) is 3.06. The third-order valence-corrected chi connectivity index (χ3v) is 3.81. The molecule has 8 nitrogen and oxygen atoms in total. The van der Waals surface area contributed by atoms with Crippen LogP contribution >= 0.6 is 0 Å². The lowest BCUT2D eigenvalue weighted by molar-refractivity contribution is -0.150. The molecule has 1 atom stereocenters. The molecule has 136 valence electrons. The van der Waals surface area contributed by atoms with Crippen LogP contribution < -0.4 is 20.1 Å². The van der Waals surface area contributed by atoms with Crippen LogP contribution in [-0.4, -0.2) is 51.2 Å². The first-order chi connectivity index (χ1) is 12.0. The van der Waals surface area contributed by atoms with Crippen molar-refractivity contribution in [3.63, 3.8) is 0 Å². The fourth-order valence-corrected chi connectivity index (χ4v) is 2.46. The molecule has 2 N–H and O–H groups in total. The van der Waals surface area contributed by atoms with Crippen molar-refractivity contribution in [3.05, 3.63) is 23.8 Å². The van der Waals surface area contributed by atoms with E-state index in [0.29, 0.717) is 37.3 Å². The minimum Gasteiger partial charge on any atom is -0.493 e. The van der Waals surface area contributed by atoms with Gasteiger partial charge in [0.2, 0.25) is 5.91 Å². The van der Waals surface area contributed by atoms with E-state index in [-0.39, 0.29) is 12.5 Å². The zero-order valence-corrected chi connectivity index (χ0v) is 14.3. The Labute approximate surface area is 145 Å². The first-order valence-electron chi connectivity index (χ1n) is 7.97. The predicted molar refractivity (Wildman–Crippen MR) is 88.4 cm³/mol. The summed E-state index contributed by atoms with van der Waals surface area (Å²) in [5, 5.41) is 5.17. The number of amides is 2. The van der Waals surface area contributed by atoms with E-state index >= 15 is 0 Å². The number of rotatable bonds is 8. The molecule has 0 aliphatic carbocycles. The van der Waals surface area contributed by atoms with Gasteiger partial charge in [0.15, 0.2) is 18.1 Å². The lowest BCUT2D eigenvalue weighted by atomic mass is 10.1. The van der Waals surface area contributed by atoms with Gasteiger partial charge in [-0.1, -0.05) is 6.07 Å². The fraction of sp³-hybridized carbons (Fsp3) is 0.471. The Balaban J connectivity index is 1.70. The molecular weight excluding hydrogens is 328 g/mol. The molecule has 8 heteroatoms. The molecule has 0 aromatic heterocycles. The van der Waals surface area contributed by atoms with E-state index in [1.807, 2.05) is 12.1 Å². The first-order valence-corrected chi connectivity index (χ1v) is 7.97.